The predicted octanol–water partition coefficient (Wildman–Crippen LogP) is 5.07. The Labute approximate surface area is 340 Å². The molecule has 5 heterocycles. The number of carbonyl (C=O) groups excluding carboxylic acids is 6. The first-order valence-electron chi connectivity index (χ1n) is 19.8. The second-order valence-electron chi connectivity index (χ2n) is 17.6. The van der Waals surface area contributed by atoms with Crippen LogP contribution in [-0.2, 0) is 29.2 Å². The SMILES string of the molecule is CC1(C)[C@H](Oc2ccc(C#N)c(Cl)c2)C(C)(C)[C@H]1N1Cc2cc(C(=O)N3CCC(N4Cc5cc6c(cc5C4)C(=O)N(C4CCC(=O)NC4=O)C6=O)CC3)ccc2C1=O. The summed E-state index contributed by atoms with van der Waals surface area (Å²) in [6.45, 7) is 11.2. The number of ether oxygens (including phenoxy) is 1. The Bertz CT molecular complexity index is 2350. The van der Waals surface area contributed by atoms with E-state index >= 15 is 0 Å². The minimum absolute atomic E-state index is 0.0574. The lowest BCUT2D eigenvalue weighted by Crippen LogP contribution is -2.74. The van der Waals surface area contributed by atoms with Crippen molar-refractivity contribution in [1.29, 1.82) is 5.26 Å². The van der Waals surface area contributed by atoms with Crippen LogP contribution in [0.2, 0.25) is 5.02 Å². The summed E-state index contributed by atoms with van der Waals surface area (Å²) in [7, 11) is 0. The third kappa shape index (κ3) is 5.82. The van der Waals surface area contributed by atoms with Gasteiger partial charge in [-0.05, 0) is 78.4 Å². The molecule has 2 saturated heterocycles. The topological polar surface area (TPSA) is 160 Å². The molecule has 6 amide bonds. The van der Waals surface area contributed by atoms with Crippen molar-refractivity contribution in [3.05, 3.63) is 98.1 Å². The summed E-state index contributed by atoms with van der Waals surface area (Å²) in [5.41, 5.74) is 4.08. The Morgan fingerprint density at radius 3 is 2.07 bits per heavy atom. The molecule has 0 aromatic heterocycles. The van der Waals surface area contributed by atoms with E-state index in [0.29, 0.717) is 71.3 Å². The quantitative estimate of drug-likeness (QED) is 0.336. The van der Waals surface area contributed by atoms with Crippen molar-refractivity contribution < 1.29 is 33.5 Å². The van der Waals surface area contributed by atoms with Gasteiger partial charge in [0.15, 0.2) is 0 Å². The molecule has 298 valence electrons. The lowest BCUT2D eigenvalue weighted by molar-refractivity contribution is -0.199. The standard InChI is InChI=1S/C44H43ClN6O7/c1-43(2)41(44(3,4)42(43)58-29-7-5-24(19-46)33(45)18-29)50-22-27-15-23(6-8-30(27)38(50)55)37(54)48-13-11-28(12-14-48)49-20-25-16-31-32(17-26(25)21-49)40(57)51(39(31)56)34-9-10-35(52)47-36(34)53/h5-8,15-18,28,34,41-42H,9-14,20-22H2,1-4H3,(H,47,52,53)/t34?,41-,42-. The number of halogens is 1. The first-order chi connectivity index (χ1) is 27.6. The molecule has 9 rings (SSSR count). The van der Waals surface area contributed by atoms with Crippen LogP contribution in [0.5, 0.6) is 5.75 Å². The van der Waals surface area contributed by atoms with E-state index in [2.05, 4.69) is 44.0 Å². The first-order valence-corrected chi connectivity index (χ1v) is 20.2. The molecule has 13 nitrogen and oxygen atoms in total. The molecule has 1 aliphatic carbocycles. The van der Waals surface area contributed by atoms with Crippen molar-refractivity contribution >= 4 is 47.0 Å². The van der Waals surface area contributed by atoms with Crippen LogP contribution in [-0.4, -0.2) is 92.4 Å². The lowest BCUT2D eigenvalue weighted by atomic mass is 9.49. The molecule has 14 heteroatoms. The van der Waals surface area contributed by atoms with Crippen LogP contribution >= 0.6 is 11.6 Å². The van der Waals surface area contributed by atoms with Crippen LogP contribution < -0.4 is 10.1 Å². The van der Waals surface area contributed by atoms with Gasteiger partial charge in [0.05, 0.1) is 21.7 Å². The molecule has 1 atom stereocenters. The summed E-state index contributed by atoms with van der Waals surface area (Å²) in [5.74, 6) is -1.60. The summed E-state index contributed by atoms with van der Waals surface area (Å²) in [6, 6.07) is 15.2. The maximum Gasteiger partial charge on any atom is 0.262 e. The van der Waals surface area contributed by atoms with Crippen molar-refractivity contribution in [2.75, 3.05) is 13.1 Å². The van der Waals surface area contributed by atoms with Crippen molar-refractivity contribution in [2.45, 2.75) is 97.2 Å². The number of amides is 6. The van der Waals surface area contributed by atoms with E-state index in [9.17, 15) is 34.0 Å². The summed E-state index contributed by atoms with van der Waals surface area (Å²) in [6.07, 6.45) is 1.49. The second kappa shape index (κ2) is 13.5. The average molecular weight is 803 g/mol. The molecule has 5 aliphatic heterocycles. The number of nitrogens with one attached hydrogen (secondary N) is 1. The van der Waals surface area contributed by atoms with Gasteiger partial charge in [0, 0.05) is 79.3 Å². The molecule has 1 N–H and O–H groups in total. The molecule has 3 aromatic rings. The highest BCUT2D eigenvalue weighted by Gasteiger charge is 2.67. The fraction of sp³-hybridized carbons (Fsp3) is 0.432. The Morgan fingerprint density at radius 2 is 1.47 bits per heavy atom. The number of hydrogen-bond acceptors (Lipinski definition) is 9. The van der Waals surface area contributed by atoms with Gasteiger partial charge in [-0.1, -0.05) is 39.3 Å². The van der Waals surface area contributed by atoms with Crippen LogP contribution in [0.25, 0.3) is 0 Å². The summed E-state index contributed by atoms with van der Waals surface area (Å²) >= 11 is 6.28. The van der Waals surface area contributed by atoms with Crippen LogP contribution in [0, 0.1) is 22.2 Å². The highest BCUT2D eigenvalue weighted by molar-refractivity contribution is 6.31. The zero-order valence-corrected chi connectivity index (χ0v) is 33.5. The molecule has 0 spiro atoms. The van der Waals surface area contributed by atoms with Crippen LogP contribution in [0.1, 0.15) is 117 Å². The van der Waals surface area contributed by atoms with Gasteiger partial charge in [0.1, 0.15) is 24.0 Å². The summed E-state index contributed by atoms with van der Waals surface area (Å²) < 4.78 is 6.46. The average Bonchev–Trinajstić information content (AvgIpc) is 3.83. The Kier molecular flexibility index (Phi) is 8.83. The number of nitriles is 1. The van der Waals surface area contributed by atoms with Crippen LogP contribution in [0.4, 0.5) is 0 Å². The number of likely N-dealkylation sites (tertiary alicyclic amines) is 1. The Morgan fingerprint density at radius 1 is 0.810 bits per heavy atom. The van der Waals surface area contributed by atoms with Gasteiger partial charge in [0.2, 0.25) is 11.8 Å². The smallest absolute Gasteiger partial charge is 0.262 e. The Balaban J connectivity index is 0.819. The molecule has 6 aliphatic rings. The molecular formula is C44H43ClN6O7. The molecular weight excluding hydrogens is 760 g/mol. The van der Waals surface area contributed by atoms with Gasteiger partial charge in [-0.25, -0.2) is 0 Å². The van der Waals surface area contributed by atoms with Gasteiger partial charge in [-0.2, -0.15) is 5.26 Å². The number of benzene rings is 3. The van der Waals surface area contributed by atoms with E-state index in [0.717, 1.165) is 34.4 Å². The number of fused-ring (bicyclic) bond motifs is 3. The third-order valence-corrected chi connectivity index (χ3v) is 13.7. The zero-order chi connectivity index (χ0) is 41.0. The van der Waals surface area contributed by atoms with Gasteiger partial charge >= 0.3 is 0 Å². The Hall–Kier alpha value is -5.58. The third-order valence-electron chi connectivity index (χ3n) is 13.3. The van der Waals surface area contributed by atoms with E-state index in [4.69, 9.17) is 16.3 Å². The van der Waals surface area contributed by atoms with Gasteiger partial charge in [-0.15, -0.1) is 0 Å². The number of imide groups is 2. The maximum atomic E-state index is 13.9. The molecule has 3 aromatic carbocycles. The lowest BCUT2D eigenvalue weighted by Gasteiger charge is -2.65. The monoisotopic (exact) mass is 802 g/mol. The largest absolute Gasteiger partial charge is 0.489 e. The number of hydrogen-bond donors (Lipinski definition) is 1. The van der Waals surface area contributed by atoms with Gasteiger partial charge < -0.3 is 14.5 Å². The van der Waals surface area contributed by atoms with Gasteiger partial charge in [0.25, 0.3) is 23.6 Å². The zero-order valence-electron chi connectivity index (χ0n) is 32.8. The molecule has 0 radical (unpaired) electrons. The maximum absolute atomic E-state index is 13.9. The summed E-state index contributed by atoms with van der Waals surface area (Å²) in [5, 5.41) is 11.8. The van der Waals surface area contributed by atoms with Crippen LogP contribution in [0.15, 0.2) is 48.5 Å². The van der Waals surface area contributed by atoms with E-state index in [1.165, 1.54) is 0 Å². The van der Waals surface area contributed by atoms with Crippen molar-refractivity contribution in [1.82, 2.24) is 24.9 Å². The fourth-order valence-electron chi connectivity index (χ4n) is 11.0. The highest BCUT2D eigenvalue weighted by atomic mass is 35.5. The molecule has 1 unspecified atom stereocenters. The predicted molar refractivity (Wildman–Crippen MR) is 210 cm³/mol. The van der Waals surface area contributed by atoms with Crippen LogP contribution in [0.3, 0.4) is 0 Å². The number of piperidine rings is 2. The molecule has 0 bridgehead atoms. The van der Waals surface area contributed by atoms with E-state index in [1.807, 2.05) is 15.9 Å². The van der Waals surface area contributed by atoms with Crippen molar-refractivity contribution in [2.24, 2.45) is 10.8 Å². The van der Waals surface area contributed by atoms with E-state index < -0.39 is 40.5 Å². The fourth-order valence-corrected chi connectivity index (χ4v) is 11.2. The normalized spacial score (nSPS) is 24.9. The second-order valence-corrected chi connectivity index (χ2v) is 18.1. The number of nitrogens with zero attached hydrogens (tertiary/aromatic N) is 5. The summed E-state index contributed by atoms with van der Waals surface area (Å²) in [4.78, 5) is 85.7. The van der Waals surface area contributed by atoms with Crippen molar-refractivity contribution in [3.8, 4) is 11.8 Å². The minimum Gasteiger partial charge on any atom is -0.489 e. The molecule has 3 fully saturated rings. The van der Waals surface area contributed by atoms with E-state index in [1.54, 1.807) is 42.5 Å². The highest BCUT2D eigenvalue weighted by Crippen LogP contribution is 2.59. The molecule has 58 heavy (non-hydrogen) atoms. The first kappa shape index (κ1) is 38.0. The van der Waals surface area contributed by atoms with Crippen molar-refractivity contribution in [3.63, 3.8) is 0 Å². The minimum atomic E-state index is -0.997. The molecule has 1 saturated carbocycles. The van der Waals surface area contributed by atoms with E-state index in [-0.39, 0.29) is 42.8 Å². The van der Waals surface area contributed by atoms with Gasteiger partial charge in [-0.3, -0.25) is 43.9 Å². The number of carbonyl (C=O) groups is 6. The number of rotatable bonds is 6.